The largest absolute Gasteiger partial charge is 0.362 e. The Labute approximate surface area is 68.7 Å². The summed E-state index contributed by atoms with van der Waals surface area (Å²) in [5, 5.41) is 17.0. The molecule has 0 aromatic rings. The predicted octanol–water partition coefficient (Wildman–Crippen LogP) is -1.95. The van der Waals surface area contributed by atoms with E-state index in [0.29, 0.717) is 0 Å². The summed E-state index contributed by atoms with van der Waals surface area (Å²) in [6.07, 6.45) is -2.56. The molecule has 2 N–H and O–H groups in total. The molecule has 2 unspecified atom stereocenters. The van der Waals surface area contributed by atoms with E-state index in [1.54, 1.807) is 0 Å². The Morgan fingerprint density at radius 1 is 1.00 bits per heavy atom. The Morgan fingerprint density at radius 3 is 1.58 bits per heavy atom. The number of carbonyl (C=O) groups is 2. The van der Waals surface area contributed by atoms with E-state index in [0.717, 1.165) is 0 Å². The monoisotopic (exact) mass is 178 g/mol. The molecule has 0 radical (unpaired) electrons. The second kappa shape index (κ2) is 6.86. The molecule has 0 aliphatic carbocycles. The highest BCUT2D eigenvalue weighted by Crippen LogP contribution is 1.85. The van der Waals surface area contributed by atoms with Crippen LogP contribution in [-0.4, -0.2) is 48.6 Å². The number of aldehydes is 2. The van der Waals surface area contributed by atoms with E-state index >= 15 is 0 Å². The lowest BCUT2D eigenvalue weighted by Crippen LogP contribution is -2.20. The quantitative estimate of drug-likeness (QED) is 0.267. The number of hydrogen-bond donors (Lipinski definition) is 2. The molecule has 12 heavy (non-hydrogen) atoms. The van der Waals surface area contributed by atoms with Crippen molar-refractivity contribution in [2.45, 2.75) is 12.6 Å². The van der Waals surface area contributed by atoms with Crippen molar-refractivity contribution in [2.24, 2.45) is 0 Å². The van der Waals surface area contributed by atoms with Crippen LogP contribution in [0.15, 0.2) is 0 Å². The molecule has 0 aliphatic heterocycles. The zero-order valence-electron chi connectivity index (χ0n) is 6.25. The highest BCUT2D eigenvalue weighted by Gasteiger charge is 2.02. The van der Waals surface area contributed by atoms with Gasteiger partial charge < -0.3 is 19.7 Å². The maximum Gasteiger partial charge on any atom is 0.212 e. The van der Waals surface area contributed by atoms with E-state index in [-0.39, 0.29) is 25.8 Å². The number of aliphatic hydroxyl groups is 2. The Kier molecular flexibility index (Phi) is 6.39. The summed E-state index contributed by atoms with van der Waals surface area (Å²) in [4.78, 5) is 19.5. The molecule has 70 valence electrons. The summed E-state index contributed by atoms with van der Waals surface area (Å²) in [5.41, 5.74) is 0. The minimum absolute atomic E-state index is 0.0786. The van der Waals surface area contributed by atoms with Crippen molar-refractivity contribution in [3.63, 3.8) is 0 Å². The number of hydrogen-bond acceptors (Lipinski definition) is 6. The van der Waals surface area contributed by atoms with Crippen molar-refractivity contribution >= 4 is 12.6 Å². The van der Waals surface area contributed by atoms with Crippen LogP contribution in [0.3, 0.4) is 0 Å². The Hall–Kier alpha value is -0.820. The van der Waals surface area contributed by atoms with Gasteiger partial charge in [0.25, 0.3) is 0 Å². The predicted molar refractivity (Wildman–Crippen MR) is 36.0 cm³/mol. The van der Waals surface area contributed by atoms with Gasteiger partial charge in [0.1, 0.15) is 0 Å². The minimum Gasteiger partial charge on any atom is -0.362 e. The van der Waals surface area contributed by atoms with Gasteiger partial charge in [0.15, 0.2) is 12.6 Å². The maximum absolute atomic E-state index is 9.77. The zero-order chi connectivity index (χ0) is 9.40. The third-order valence-electron chi connectivity index (χ3n) is 0.893. The SMILES string of the molecule is O=CC(O)OCCOC(O)C=O. The molecule has 0 aromatic heterocycles. The summed E-state index contributed by atoms with van der Waals surface area (Å²) >= 11 is 0. The summed E-state index contributed by atoms with van der Waals surface area (Å²) in [5.74, 6) is 0. The number of rotatable bonds is 7. The molecule has 6 heteroatoms. The van der Waals surface area contributed by atoms with E-state index in [1.807, 2.05) is 0 Å². The molecule has 0 saturated carbocycles. The van der Waals surface area contributed by atoms with Crippen LogP contribution in [0.4, 0.5) is 0 Å². The van der Waals surface area contributed by atoms with Crippen LogP contribution in [-0.2, 0) is 19.1 Å². The Balaban J connectivity index is 3.20. The first-order valence-electron chi connectivity index (χ1n) is 3.20. The number of carbonyl (C=O) groups excluding carboxylic acids is 2. The average molecular weight is 178 g/mol. The van der Waals surface area contributed by atoms with Crippen molar-refractivity contribution < 1.29 is 29.3 Å². The van der Waals surface area contributed by atoms with Crippen LogP contribution in [0.5, 0.6) is 0 Å². The fourth-order valence-electron chi connectivity index (χ4n) is 0.416. The van der Waals surface area contributed by atoms with E-state index < -0.39 is 12.6 Å². The van der Waals surface area contributed by atoms with Gasteiger partial charge in [-0.05, 0) is 0 Å². The zero-order valence-corrected chi connectivity index (χ0v) is 6.25. The summed E-state index contributed by atoms with van der Waals surface area (Å²) in [6, 6.07) is 0. The number of aliphatic hydroxyl groups excluding tert-OH is 2. The fourth-order valence-corrected chi connectivity index (χ4v) is 0.416. The van der Waals surface area contributed by atoms with E-state index in [9.17, 15) is 9.59 Å². The molecule has 0 aromatic carbocycles. The van der Waals surface area contributed by atoms with Crippen molar-refractivity contribution in [3.05, 3.63) is 0 Å². The maximum atomic E-state index is 9.77. The Morgan fingerprint density at radius 2 is 1.33 bits per heavy atom. The molecule has 0 heterocycles. The lowest BCUT2D eigenvalue weighted by molar-refractivity contribution is -0.160. The van der Waals surface area contributed by atoms with Crippen LogP contribution in [0, 0.1) is 0 Å². The van der Waals surface area contributed by atoms with Crippen LogP contribution < -0.4 is 0 Å². The lowest BCUT2D eigenvalue weighted by atomic mass is 10.6. The highest BCUT2D eigenvalue weighted by atomic mass is 16.6. The molecule has 0 saturated heterocycles. The summed E-state index contributed by atoms with van der Waals surface area (Å²) in [7, 11) is 0. The molecule has 0 rings (SSSR count). The van der Waals surface area contributed by atoms with Crippen LogP contribution in [0.2, 0.25) is 0 Å². The fraction of sp³-hybridized carbons (Fsp3) is 0.667. The van der Waals surface area contributed by atoms with Crippen LogP contribution >= 0.6 is 0 Å². The van der Waals surface area contributed by atoms with Crippen molar-refractivity contribution in [2.75, 3.05) is 13.2 Å². The molecule has 0 aliphatic rings. The van der Waals surface area contributed by atoms with Gasteiger partial charge in [-0.15, -0.1) is 0 Å². The first-order chi connectivity index (χ1) is 5.70. The van der Waals surface area contributed by atoms with Gasteiger partial charge in [-0.25, -0.2) is 0 Å². The van der Waals surface area contributed by atoms with E-state index in [4.69, 9.17) is 10.2 Å². The molecule has 0 bridgehead atoms. The summed E-state index contributed by atoms with van der Waals surface area (Å²) < 4.78 is 8.84. The minimum atomic E-state index is -1.48. The molecular weight excluding hydrogens is 168 g/mol. The van der Waals surface area contributed by atoms with Gasteiger partial charge in [0.2, 0.25) is 12.6 Å². The third kappa shape index (κ3) is 5.93. The van der Waals surface area contributed by atoms with Gasteiger partial charge in [0, 0.05) is 0 Å². The first-order valence-corrected chi connectivity index (χ1v) is 3.20. The molecule has 0 fully saturated rings. The van der Waals surface area contributed by atoms with Crippen molar-refractivity contribution in [3.8, 4) is 0 Å². The Bertz CT molecular complexity index is 120. The molecular formula is C6H10O6. The third-order valence-corrected chi connectivity index (χ3v) is 0.893. The normalized spacial score (nSPS) is 15.2. The van der Waals surface area contributed by atoms with Crippen LogP contribution in [0.1, 0.15) is 0 Å². The van der Waals surface area contributed by atoms with Crippen LogP contribution in [0.25, 0.3) is 0 Å². The van der Waals surface area contributed by atoms with Crippen molar-refractivity contribution in [1.82, 2.24) is 0 Å². The van der Waals surface area contributed by atoms with Gasteiger partial charge in [-0.1, -0.05) is 0 Å². The average Bonchev–Trinajstić information content (AvgIpc) is 2.11. The van der Waals surface area contributed by atoms with Crippen molar-refractivity contribution in [1.29, 1.82) is 0 Å². The number of ether oxygens (including phenoxy) is 2. The molecule has 6 nitrogen and oxygen atoms in total. The van der Waals surface area contributed by atoms with E-state index in [1.165, 1.54) is 0 Å². The second-order valence-corrected chi connectivity index (χ2v) is 1.79. The van der Waals surface area contributed by atoms with Gasteiger partial charge >= 0.3 is 0 Å². The summed E-state index contributed by atoms with van der Waals surface area (Å²) in [6.45, 7) is -0.157. The van der Waals surface area contributed by atoms with Gasteiger partial charge in [-0.2, -0.15) is 0 Å². The standard InChI is InChI=1S/C6H10O6/c7-3-5(9)11-1-2-12-6(10)4-8/h3-6,9-10H,1-2H2. The second-order valence-electron chi connectivity index (χ2n) is 1.79. The smallest absolute Gasteiger partial charge is 0.212 e. The van der Waals surface area contributed by atoms with Gasteiger partial charge in [-0.3, -0.25) is 9.59 Å². The van der Waals surface area contributed by atoms with Gasteiger partial charge in [0.05, 0.1) is 13.2 Å². The highest BCUT2D eigenvalue weighted by molar-refractivity contribution is 5.53. The molecule has 0 amide bonds. The molecule has 0 spiro atoms. The first kappa shape index (κ1) is 11.2. The van der Waals surface area contributed by atoms with E-state index in [2.05, 4.69) is 9.47 Å². The molecule has 2 atom stereocenters. The topological polar surface area (TPSA) is 93.1 Å². The lowest BCUT2D eigenvalue weighted by Gasteiger charge is -2.07.